The van der Waals surface area contributed by atoms with E-state index in [1.165, 1.54) is 22.2 Å². The first-order chi connectivity index (χ1) is 8.99. The van der Waals surface area contributed by atoms with Crippen LogP contribution in [0.5, 0.6) is 0 Å². The number of nitrogens with zero attached hydrogens (tertiary/aromatic N) is 3. The third-order valence-electron chi connectivity index (χ3n) is 2.33. The van der Waals surface area contributed by atoms with Crippen LogP contribution in [0.4, 0.5) is 0 Å². The molecule has 0 saturated carbocycles. The lowest BCUT2D eigenvalue weighted by molar-refractivity contribution is 0.722. The molecule has 0 aliphatic carbocycles. The van der Waals surface area contributed by atoms with Gasteiger partial charge in [-0.25, -0.2) is 0 Å². The van der Waals surface area contributed by atoms with Gasteiger partial charge in [0, 0.05) is 14.7 Å². The number of thiol groups is 3. The van der Waals surface area contributed by atoms with Gasteiger partial charge in [-0.2, -0.15) is 15.0 Å². The summed E-state index contributed by atoms with van der Waals surface area (Å²) in [6.45, 7) is 2.06. The van der Waals surface area contributed by atoms with Crippen LogP contribution >= 0.6 is 61.4 Å². The summed E-state index contributed by atoms with van der Waals surface area (Å²) in [5, 5.41) is 1.31. The molecule has 0 aliphatic heterocycles. The normalized spacial score (nSPS) is 10.8. The minimum atomic E-state index is 0.366. The molecule has 0 fully saturated rings. The topological polar surface area (TPSA) is 38.7 Å². The van der Waals surface area contributed by atoms with Crippen molar-refractivity contribution in [2.24, 2.45) is 0 Å². The number of hydrogen-bond acceptors (Lipinski definition) is 8. The van der Waals surface area contributed by atoms with Gasteiger partial charge in [0.2, 0.25) is 0 Å². The first kappa shape index (κ1) is 15.4. The molecule has 19 heavy (non-hydrogen) atoms. The quantitative estimate of drug-likeness (QED) is 0.581. The van der Waals surface area contributed by atoms with Crippen LogP contribution in [0.25, 0.3) is 0 Å². The Morgan fingerprint density at radius 1 is 1.00 bits per heavy atom. The van der Waals surface area contributed by atoms with Gasteiger partial charge in [0.1, 0.15) is 0 Å². The van der Waals surface area contributed by atoms with Gasteiger partial charge in [-0.1, -0.05) is 0 Å². The third kappa shape index (κ3) is 3.98. The van der Waals surface area contributed by atoms with E-state index in [1.807, 2.05) is 12.3 Å². The highest BCUT2D eigenvalue weighted by atomic mass is 32.2. The van der Waals surface area contributed by atoms with Crippen molar-refractivity contribution >= 4 is 61.4 Å². The molecule has 0 amide bonds. The lowest BCUT2D eigenvalue weighted by atomic mass is 10.2. The number of benzene rings is 1. The third-order valence-corrected chi connectivity index (χ3v) is 4.89. The number of hydrogen-bond donors (Lipinski definition) is 3. The molecule has 1 aromatic carbocycles. The molecule has 0 unspecified atom stereocenters. The van der Waals surface area contributed by atoms with E-state index in [2.05, 4.69) is 65.8 Å². The predicted molar refractivity (Wildman–Crippen MR) is 88.7 cm³/mol. The molecule has 0 saturated heterocycles. The van der Waals surface area contributed by atoms with Crippen molar-refractivity contribution in [2.75, 3.05) is 6.26 Å². The van der Waals surface area contributed by atoms with Crippen LogP contribution in [0, 0.1) is 6.92 Å². The standard InChI is InChI=1S/C11H11N3S5/c1-5-7(15)3-6(4-8(5)18-2)19-11-13-9(16)12-10(17)14-11/h3-4,15H,1-2H3,(H2,12,13,14,16,17). The number of aromatic nitrogens is 3. The lowest BCUT2D eigenvalue weighted by Gasteiger charge is -2.09. The summed E-state index contributed by atoms with van der Waals surface area (Å²) in [7, 11) is 0. The van der Waals surface area contributed by atoms with Gasteiger partial charge < -0.3 is 0 Å². The summed E-state index contributed by atoms with van der Waals surface area (Å²) in [5.41, 5.74) is 1.18. The monoisotopic (exact) mass is 345 g/mol. The second-order valence-corrected chi connectivity index (χ2v) is 6.76. The summed E-state index contributed by atoms with van der Waals surface area (Å²) >= 11 is 15.9. The second-order valence-electron chi connectivity index (χ2n) is 3.59. The van der Waals surface area contributed by atoms with Crippen LogP contribution in [0.2, 0.25) is 0 Å². The fourth-order valence-electron chi connectivity index (χ4n) is 1.41. The molecule has 0 aliphatic rings. The molecule has 100 valence electrons. The van der Waals surface area contributed by atoms with Crippen molar-refractivity contribution in [1.82, 2.24) is 15.0 Å². The van der Waals surface area contributed by atoms with E-state index >= 15 is 0 Å². The van der Waals surface area contributed by atoms with Crippen molar-refractivity contribution < 1.29 is 0 Å². The number of thioether (sulfide) groups is 1. The van der Waals surface area contributed by atoms with E-state index in [0.717, 1.165) is 9.79 Å². The Kier molecular flexibility index (Phi) is 5.36. The second kappa shape index (κ2) is 6.62. The average Bonchev–Trinajstić information content (AvgIpc) is 2.32. The van der Waals surface area contributed by atoms with Crippen molar-refractivity contribution in [3.63, 3.8) is 0 Å². The van der Waals surface area contributed by atoms with Crippen molar-refractivity contribution in [3.8, 4) is 0 Å². The summed E-state index contributed by atoms with van der Waals surface area (Å²) in [4.78, 5) is 15.4. The molecule has 2 rings (SSSR count). The minimum absolute atomic E-state index is 0.366. The van der Waals surface area contributed by atoms with Gasteiger partial charge in [-0.15, -0.1) is 49.6 Å². The van der Waals surface area contributed by atoms with Crippen molar-refractivity contribution in [1.29, 1.82) is 0 Å². The van der Waals surface area contributed by atoms with Crippen LogP contribution in [-0.4, -0.2) is 21.2 Å². The zero-order chi connectivity index (χ0) is 14.0. The Morgan fingerprint density at radius 2 is 1.63 bits per heavy atom. The number of rotatable bonds is 3. The Labute approximate surface area is 137 Å². The molecule has 0 N–H and O–H groups in total. The van der Waals surface area contributed by atoms with E-state index in [4.69, 9.17) is 0 Å². The Balaban J connectivity index is 2.35. The Hall–Kier alpha value is -0.0200. The molecule has 1 heterocycles. The van der Waals surface area contributed by atoms with E-state index in [9.17, 15) is 0 Å². The maximum atomic E-state index is 4.49. The fraction of sp³-hybridized carbons (Fsp3) is 0.182. The van der Waals surface area contributed by atoms with Crippen LogP contribution in [0.15, 0.2) is 42.3 Å². The van der Waals surface area contributed by atoms with E-state index < -0.39 is 0 Å². The zero-order valence-corrected chi connectivity index (χ0v) is 14.5. The van der Waals surface area contributed by atoms with Crippen LogP contribution in [-0.2, 0) is 0 Å². The summed E-state index contributed by atoms with van der Waals surface area (Å²) in [6.07, 6.45) is 2.05. The maximum Gasteiger partial charge on any atom is 0.197 e. The van der Waals surface area contributed by atoms with Crippen molar-refractivity contribution in [2.45, 2.75) is 37.1 Å². The molecule has 1 aromatic heterocycles. The van der Waals surface area contributed by atoms with Crippen molar-refractivity contribution in [3.05, 3.63) is 17.7 Å². The van der Waals surface area contributed by atoms with Gasteiger partial charge in [0.05, 0.1) is 0 Å². The highest BCUT2D eigenvalue weighted by Gasteiger charge is 2.08. The molecule has 2 aromatic rings. The molecule has 0 spiro atoms. The van der Waals surface area contributed by atoms with Gasteiger partial charge in [0.25, 0.3) is 0 Å². The first-order valence-electron chi connectivity index (χ1n) is 5.19. The van der Waals surface area contributed by atoms with E-state index in [0.29, 0.717) is 15.5 Å². The fourth-order valence-corrected chi connectivity index (χ4v) is 3.99. The largest absolute Gasteiger partial charge is 0.197 e. The van der Waals surface area contributed by atoms with Gasteiger partial charge in [0.15, 0.2) is 15.5 Å². The molecule has 3 nitrogen and oxygen atoms in total. The van der Waals surface area contributed by atoms with Crippen LogP contribution < -0.4 is 0 Å². The maximum absolute atomic E-state index is 4.49. The lowest BCUT2D eigenvalue weighted by Crippen LogP contribution is -1.93. The van der Waals surface area contributed by atoms with Crippen LogP contribution in [0.3, 0.4) is 0 Å². The Morgan fingerprint density at radius 3 is 2.21 bits per heavy atom. The molecule has 0 atom stereocenters. The van der Waals surface area contributed by atoms with Gasteiger partial charge >= 0.3 is 0 Å². The average molecular weight is 346 g/mol. The molecule has 0 radical (unpaired) electrons. The van der Waals surface area contributed by atoms with E-state index in [1.54, 1.807) is 11.8 Å². The SMILES string of the molecule is CSc1cc(Sc2nc(S)nc(S)n2)cc(S)c1C. The molecular weight excluding hydrogens is 334 g/mol. The molecular formula is C11H11N3S5. The highest BCUT2D eigenvalue weighted by molar-refractivity contribution is 7.99. The van der Waals surface area contributed by atoms with Crippen LogP contribution in [0.1, 0.15) is 5.56 Å². The summed E-state index contributed by atoms with van der Waals surface area (Å²) < 4.78 is 0. The smallest absolute Gasteiger partial charge is 0.197 e. The van der Waals surface area contributed by atoms with Gasteiger partial charge in [-0.3, -0.25) is 0 Å². The van der Waals surface area contributed by atoms with E-state index in [-0.39, 0.29) is 0 Å². The first-order valence-corrected chi connectivity index (χ1v) is 8.57. The summed E-state index contributed by atoms with van der Waals surface area (Å²) in [5.74, 6) is 0. The minimum Gasteiger partial charge on any atom is -0.197 e. The summed E-state index contributed by atoms with van der Waals surface area (Å²) in [6, 6.07) is 4.10. The molecule has 0 bridgehead atoms. The Bertz CT molecular complexity index is 597. The predicted octanol–water partition coefficient (Wildman–Crippen LogP) is 3.92. The van der Waals surface area contributed by atoms with Gasteiger partial charge in [-0.05, 0) is 42.6 Å². The zero-order valence-electron chi connectivity index (χ0n) is 10.2. The molecule has 8 heteroatoms. The highest BCUT2D eigenvalue weighted by Crippen LogP contribution is 2.34.